The molecular weight excluding hydrogens is 328 g/mol. The van der Waals surface area contributed by atoms with Crippen LogP contribution in [-0.4, -0.2) is 11.1 Å². The maximum atomic E-state index is 12.1. The average Bonchev–Trinajstić information content (AvgIpc) is 2.87. The molecule has 0 atom stereocenters. The van der Waals surface area contributed by atoms with Gasteiger partial charge in [-0.2, -0.15) is 0 Å². The number of benzene rings is 2. The van der Waals surface area contributed by atoms with E-state index in [0.29, 0.717) is 15.1 Å². The first-order chi connectivity index (χ1) is 11.1. The number of aliphatic imine (C=N–C) groups is 1. The van der Waals surface area contributed by atoms with Crippen molar-refractivity contribution in [2.24, 2.45) is 4.99 Å². The van der Waals surface area contributed by atoms with Gasteiger partial charge < -0.3 is 5.32 Å². The lowest BCUT2D eigenvalue weighted by Gasteiger charge is -1.98. The summed E-state index contributed by atoms with van der Waals surface area (Å²) < 4.78 is 0. The Labute approximate surface area is 144 Å². The third-order valence-corrected chi connectivity index (χ3v) is 4.52. The van der Waals surface area contributed by atoms with E-state index in [4.69, 9.17) is 11.6 Å². The zero-order valence-corrected chi connectivity index (χ0v) is 14.1. The predicted molar refractivity (Wildman–Crippen MR) is 98.1 cm³/mol. The molecule has 3 rings (SSSR count). The number of amides is 1. The zero-order valence-electron chi connectivity index (χ0n) is 12.5. The van der Waals surface area contributed by atoms with E-state index in [-0.39, 0.29) is 5.91 Å². The van der Waals surface area contributed by atoms with Crippen LogP contribution in [0.4, 0.5) is 5.69 Å². The van der Waals surface area contributed by atoms with Crippen molar-refractivity contribution < 1.29 is 4.79 Å². The van der Waals surface area contributed by atoms with Gasteiger partial charge in [0.15, 0.2) is 5.17 Å². The van der Waals surface area contributed by atoms with Gasteiger partial charge in [-0.05, 0) is 59.7 Å². The van der Waals surface area contributed by atoms with Gasteiger partial charge >= 0.3 is 0 Å². The van der Waals surface area contributed by atoms with E-state index in [0.717, 1.165) is 17.7 Å². The van der Waals surface area contributed by atoms with Gasteiger partial charge in [0.25, 0.3) is 5.91 Å². The largest absolute Gasteiger partial charge is 0.300 e. The molecule has 0 aliphatic carbocycles. The number of nitrogens with one attached hydrogen (secondary N) is 1. The number of nitrogens with zero attached hydrogens (tertiary/aromatic N) is 1. The molecule has 1 N–H and O–H groups in total. The number of thioether (sulfide) groups is 1. The normalized spacial score (nSPS) is 17.7. The number of hydrogen-bond donors (Lipinski definition) is 1. The molecule has 1 heterocycles. The Bertz CT molecular complexity index is 797. The van der Waals surface area contributed by atoms with Crippen molar-refractivity contribution in [2.75, 3.05) is 0 Å². The van der Waals surface area contributed by atoms with Crippen molar-refractivity contribution in [1.82, 2.24) is 5.32 Å². The molecule has 2 aromatic carbocycles. The van der Waals surface area contributed by atoms with Crippen LogP contribution in [0.3, 0.4) is 0 Å². The highest BCUT2D eigenvalue weighted by molar-refractivity contribution is 8.18. The van der Waals surface area contributed by atoms with Gasteiger partial charge in [-0.25, -0.2) is 4.99 Å². The fraction of sp³-hybridized carbons (Fsp3) is 0.111. The lowest BCUT2D eigenvalue weighted by atomic mass is 10.2. The lowest BCUT2D eigenvalue weighted by molar-refractivity contribution is -0.115. The standard InChI is InChI=1S/C18H15ClN2OS/c1-2-12-6-8-15(9-7-12)20-18-21-17(22)16(23-18)11-13-4-3-5-14(19)10-13/h3-11H,2H2,1H3,(H,20,21,22)/b16-11-. The van der Waals surface area contributed by atoms with Crippen molar-refractivity contribution in [3.8, 4) is 0 Å². The minimum Gasteiger partial charge on any atom is -0.300 e. The quantitative estimate of drug-likeness (QED) is 0.814. The summed E-state index contributed by atoms with van der Waals surface area (Å²) in [7, 11) is 0. The van der Waals surface area contributed by atoms with Gasteiger partial charge in [-0.1, -0.05) is 42.8 Å². The molecule has 0 radical (unpaired) electrons. The van der Waals surface area contributed by atoms with Crippen LogP contribution in [0.5, 0.6) is 0 Å². The number of amidine groups is 1. The Morgan fingerprint density at radius 1 is 1.22 bits per heavy atom. The second-order valence-corrected chi connectivity index (χ2v) is 6.52. The highest BCUT2D eigenvalue weighted by atomic mass is 35.5. The third kappa shape index (κ3) is 4.03. The summed E-state index contributed by atoms with van der Waals surface area (Å²) in [6.07, 6.45) is 2.81. The number of rotatable bonds is 3. The van der Waals surface area contributed by atoms with E-state index in [1.807, 2.05) is 48.5 Å². The summed E-state index contributed by atoms with van der Waals surface area (Å²) in [5, 5.41) is 4.02. The molecule has 1 aliphatic heterocycles. The van der Waals surface area contributed by atoms with Crippen LogP contribution in [0.1, 0.15) is 18.1 Å². The first-order valence-electron chi connectivity index (χ1n) is 7.28. The molecule has 2 aromatic rings. The van der Waals surface area contributed by atoms with Gasteiger partial charge in [-0.15, -0.1) is 0 Å². The summed E-state index contributed by atoms with van der Waals surface area (Å²) in [5.41, 5.74) is 2.98. The third-order valence-electron chi connectivity index (χ3n) is 3.37. The van der Waals surface area contributed by atoms with Gasteiger partial charge in [0.2, 0.25) is 0 Å². The summed E-state index contributed by atoms with van der Waals surface area (Å²) in [5.74, 6) is -0.140. The van der Waals surface area contributed by atoms with E-state index in [1.165, 1.54) is 17.3 Å². The first-order valence-corrected chi connectivity index (χ1v) is 8.47. The van der Waals surface area contributed by atoms with Crippen LogP contribution < -0.4 is 5.32 Å². The Morgan fingerprint density at radius 3 is 2.70 bits per heavy atom. The van der Waals surface area contributed by atoms with Crippen LogP contribution >= 0.6 is 23.4 Å². The van der Waals surface area contributed by atoms with Crippen LogP contribution in [0, 0.1) is 0 Å². The topological polar surface area (TPSA) is 41.5 Å². The average molecular weight is 343 g/mol. The molecule has 1 saturated heterocycles. The maximum Gasteiger partial charge on any atom is 0.264 e. The molecular formula is C18H15ClN2OS. The molecule has 3 nitrogen and oxygen atoms in total. The molecule has 116 valence electrons. The van der Waals surface area contributed by atoms with Crippen LogP contribution in [0.25, 0.3) is 6.08 Å². The van der Waals surface area contributed by atoms with Gasteiger partial charge in [0.05, 0.1) is 10.6 Å². The van der Waals surface area contributed by atoms with E-state index in [9.17, 15) is 4.79 Å². The number of hydrogen-bond acceptors (Lipinski definition) is 3. The summed E-state index contributed by atoms with van der Waals surface area (Å²) in [4.78, 5) is 17.1. The van der Waals surface area contributed by atoms with Crippen molar-refractivity contribution in [3.05, 3.63) is 69.6 Å². The fourth-order valence-corrected chi connectivity index (χ4v) is 3.19. The van der Waals surface area contributed by atoms with E-state index in [2.05, 4.69) is 17.2 Å². The van der Waals surface area contributed by atoms with Gasteiger partial charge in [-0.3, -0.25) is 4.79 Å². The van der Waals surface area contributed by atoms with Gasteiger partial charge in [0.1, 0.15) is 0 Å². The molecule has 1 aliphatic rings. The Hall–Kier alpha value is -2.04. The zero-order chi connectivity index (χ0) is 16.2. The summed E-state index contributed by atoms with van der Waals surface area (Å²) >= 11 is 7.30. The molecule has 5 heteroatoms. The smallest absolute Gasteiger partial charge is 0.264 e. The molecule has 0 unspecified atom stereocenters. The molecule has 0 saturated carbocycles. The molecule has 0 spiro atoms. The Kier molecular flexibility index (Phi) is 4.84. The number of carbonyl (C=O) groups excluding carboxylic acids is 1. The summed E-state index contributed by atoms with van der Waals surface area (Å²) in [6.45, 7) is 2.11. The molecule has 0 bridgehead atoms. The Balaban J connectivity index is 1.80. The lowest BCUT2D eigenvalue weighted by Crippen LogP contribution is -2.19. The van der Waals surface area contributed by atoms with Crippen LogP contribution in [0.2, 0.25) is 5.02 Å². The number of halogens is 1. The number of aryl methyl sites for hydroxylation is 1. The van der Waals surface area contributed by atoms with E-state index < -0.39 is 0 Å². The summed E-state index contributed by atoms with van der Waals surface area (Å²) in [6, 6.07) is 15.4. The second-order valence-electron chi connectivity index (χ2n) is 5.06. The van der Waals surface area contributed by atoms with E-state index >= 15 is 0 Å². The van der Waals surface area contributed by atoms with Crippen molar-refractivity contribution in [3.63, 3.8) is 0 Å². The molecule has 0 aromatic heterocycles. The van der Waals surface area contributed by atoms with E-state index in [1.54, 1.807) is 6.07 Å². The highest BCUT2D eigenvalue weighted by Gasteiger charge is 2.23. The van der Waals surface area contributed by atoms with Crippen molar-refractivity contribution >= 4 is 46.2 Å². The van der Waals surface area contributed by atoms with Crippen molar-refractivity contribution in [2.45, 2.75) is 13.3 Å². The SMILES string of the molecule is CCc1ccc(N=C2NC(=O)/C(=C/c3cccc(Cl)c3)S2)cc1. The van der Waals surface area contributed by atoms with Crippen molar-refractivity contribution in [1.29, 1.82) is 0 Å². The van der Waals surface area contributed by atoms with Gasteiger partial charge in [0, 0.05) is 5.02 Å². The van der Waals surface area contributed by atoms with Crippen LogP contribution in [0.15, 0.2) is 58.4 Å². The maximum absolute atomic E-state index is 12.1. The first kappa shape index (κ1) is 15.8. The molecule has 23 heavy (non-hydrogen) atoms. The van der Waals surface area contributed by atoms with Crippen LogP contribution in [-0.2, 0) is 11.2 Å². The molecule has 1 amide bonds. The minimum absolute atomic E-state index is 0.140. The predicted octanol–water partition coefficient (Wildman–Crippen LogP) is 4.79. The molecule has 1 fully saturated rings. The number of carbonyl (C=O) groups is 1. The second kappa shape index (κ2) is 7.02. The highest BCUT2D eigenvalue weighted by Crippen LogP contribution is 2.28. The Morgan fingerprint density at radius 2 is 2.00 bits per heavy atom. The fourth-order valence-electron chi connectivity index (χ4n) is 2.15. The minimum atomic E-state index is -0.140. The monoisotopic (exact) mass is 342 g/mol.